The Bertz CT molecular complexity index is 327. The van der Waals surface area contributed by atoms with E-state index in [1.54, 1.807) is 6.07 Å². The molecular formula is C13H20ClNO2. The van der Waals surface area contributed by atoms with Gasteiger partial charge in [0.15, 0.2) is 6.29 Å². The van der Waals surface area contributed by atoms with Crippen molar-refractivity contribution in [3.8, 4) is 5.75 Å². The maximum absolute atomic E-state index is 10.7. The first-order valence-electron chi connectivity index (χ1n) is 5.71. The van der Waals surface area contributed by atoms with E-state index >= 15 is 0 Å². The smallest absolute Gasteiger partial charge is 0.153 e. The molecule has 0 aliphatic heterocycles. The molecular weight excluding hydrogens is 238 g/mol. The molecule has 0 atom stereocenters. The van der Waals surface area contributed by atoms with Crippen LogP contribution in [-0.4, -0.2) is 37.4 Å². The van der Waals surface area contributed by atoms with Crippen molar-refractivity contribution in [3.05, 3.63) is 29.8 Å². The molecule has 0 radical (unpaired) electrons. The summed E-state index contributed by atoms with van der Waals surface area (Å²) < 4.78 is 5.59. The first-order chi connectivity index (χ1) is 7.81. The van der Waals surface area contributed by atoms with Gasteiger partial charge in [0.1, 0.15) is 12.4 Å². The van der Waals surface area contributed by atoms with Gasteiger partial charge in [-0.25, -0.2) is 0 Å². The Labute approximate surface area is 109 Å². The summed E-state index contributed by atoms with van der Waals surface area (Å²) in [7, 11) is 0. The van der Waals surface area contributed by atoms with Gasteiger partial charge in [-0.3, -0.25) is 4.79 Å². The fourth-order valence-electron chi connectivity index (χ4n) is 1.53. The molecule has 17 heavy (non-hydrogen) atoms. The molecule has 0 aliphatic carbocycles. The standard InChI is InChI=1S/C13H19NO2.ClH/c1-3-14(4-2)9-10-16-13-8-6-5-7-12(13)11-15;/h5-8,11H,3-4,9-10H2,1-2H3;1H. The normalized spacial score (nSPS) is 9.82. The molecule has 0 fully saturated rings. The summed E-state index contributed by atoms with van der Waals surface area (Å²) in [6.07, 6.45) is 0.826. The predicted molar refractivity (Wildman–Crippen MR) is 72.4 cm³/mol. The highest BCUT2D eigenvalue weighted by atomic mass is 35.5. The summed E-state index contributed by atoms with van der Waals surface area (Å²) in [6, 6.07) is 7.30. The third-order valence-corrected chi connectivity index (χ3v) is 2.61. The van der Waals surface area contributed by atoms with Gasteiger partial charge >= 0.3 is 0 Å². The molecule has 4 heteroatoms. The molecule has 1 rings (SSSR count). The third kappa shape index (κ3) is 5.20. The number of hydrogen-bond donors (Lipinski definition) is 0. The molecule has 0 bridgehead atoms. The summed E-state index contributed by atoms with van der Waals surface area (Å²) >= 11 is 0. The Balaban J connectivity index is 0.00000256. The van der Waals surface area contributed by atoms with Crippen LogP contribution in [0.4, 0.5) is 0 Å². The molecule has 0 amide bonds. The quantitative estimate of drug-likeness (QED) is 0.704. The summed E-state index contributed by atoms with van der Waals surface area (Å²) in [6.45, 7) is 7.81. The average molecular weight is 258 g/mol. The van der Waals surface area contributed by atoms with E-state index in [0.29, 0.717) is 17.9 Å². The number of nitrogens with zero attached hydrogens (tertiary/aromatic N) is 1. The number of aldehydes is 1. The summed E-state index contributed by atoms with van der Waals surface area (Å²) in [5.41, 5.74) is 0.613. The zero-order chi connectivity index (χ0) is 11.8. The number of carbonyl (C=O) groups is 1. The fourth-order valence-corrected chi connectivity index (χ4v) is 1.53. The number of carbonyl (C=O) groups excluding carboxylic acids is 1. The second-order valence-electron chi connectivity index (χ2n) is 3.53. The molecule has 96 valence electrons. The Hall–Kier alpha value is -1.06. The van der Waals surface area contributed by atoms with E-state index in [4.69, 9.17) is 4.74 Å². The number of rotatable bonds is 7. The largest absolute Gasteiger partial charge is 0.492 e. The highest BCUT2D eigenvalue weighted by Crippen LogP contribution is 2.15. The van der Waals surface area contributed by atoms with Gasteiger partial charge in [-0.15, -0.1) is 12.4 Å². The Morgan fingerprint density at radius 2 is 1.88 bits per heavy atom. The molecule has 1 aromatic carbocycles. The summed E-state index contributed by atoms with van der Waals surface area (Å²) in [5.74, 6) is 0.671. The molecule has 0 saturated heterocycles. The van der Waals surface area contributed by atoms with Gasteiger partial charge in [0, 0.05) is 6.54 Å². The molecule has 0 aliphatic rings. The van der Waals surface area contributed by atoms with Gasteiger partial charge in [-0.1, -0.05) is 26.0 Å². The molecule has 1 aromatic rings. The van der Waals surface area contributed by atoms with E-state index in [1.807, 2.05) is 18.2 Å². The number of likely N-dealkylation sites (N-methyl/N-ethyl adjacent to an activating group) is 1. The van der Waals surface area contributed by atoms with Crippen molar-refractivity contribution in [3.63, 3.8) is 0 Å². The third-order valence-electron chi connectivity index (χ3n) is 2.61. The molecule has 0 N–H and O–H groups in total. The topological polar surface area (TPSA) is 29.5 Å². The van der Waals surface area contributed by atoms with E-state index in [1.165, 1.54) is 0 Å². The maximum Gasteiger partial charge on any atom is 0.153 e. The van der Waals surface area contributed by atoms with Crippen LogP contribution < -0.4 is 4.74 Å². The molecule has 0 aromatic heterocycles. The van der Waals surface area contributed by atoms with E-state index in [-0.39, 0.29) is 12.4 Å². The van der Waals surface area contributed by atoms with Crippen molar-refractivity contribution in [1.29, 1.82) is 0 Å². The van der Waals surface area contributed by atoms with E-state index in [2.05, 4.69) is 18.7 Å². The van der Waals surface area contributed by atoms with Crippen LogP contribution in [0, 0.1) is 0 Å². The fraction of sp³-hybridized carbons (Fsp3) is 0.462. The van der Waals surface area contributed by atoms with Crippen LogP contribution in [0.25, 0.3) is 0 Å². The zero-order valence-corrected chi connectivity index (χ0v) is 11.2. The summed E-state index contributed by atoms with van der Waals surface area (Å²) in [4.78, 5) is 13.0. The van der Waals surface area contributed by atoms with Crippen LogP contribution in [0.15, 0.2) is 24.3 Å². The lowest BCUT2D eigenvalue weighted by atomic mass is 10.2. The second kappa shape index (κ2) is 9.02. The zero-order valence-electron chi connectivity index (χ0n) is 10.4. The van der Waals surface area contributed by atoms with Gasteiger partial charge in [0.25, 0.3) is 0 Å². The molecule has 0 saturated carbocycles. The predicted octanol–water partition coefficient (Wildman–Crippen LogP) is 2.64. The van der Waals surface area contributed by atoms with Crippen molar-refractivity contribution in [2.24, 2.45) is 0 Å². The maximum atomic E-state index is 10.7. The second-order valence-corrected chi connectivity index (χ2v) is 3.53. The highest BCUT2D eigenvalue weighted by molar-refractivity contribution is 5.85. The van der Waals surface area contributed by atoms with Crippen LogP contribution in [0.5, 0.6) is 5.75 Å². The molecule has 0 heterocycles. The van der Waals surface area contributed by atoms with Gasteiger partial charge < -0.3 is 9.64 Å². The Morgan fingerprint density at radius 3 is 2.47 bits per heavy atom. The number of hydrogen-bond acceptors (Lipinski definition) is 3. The number of para-hydroxylation sites is 1. The number of benzene rings is 1. The lowest BCUT2D eigenvalue weighted by Crippen LogP contribution is -2.28. The van der Waals surface area contributed by atoms with Crippen LogP contribution in [0.3, 0.4) is 0 Å². The minimum absolute atomic E-state index is 0. The Kier molecular flexibility index (Phi) is 8.46. The number of ether oxygens (including phenoxy) is 1. The lowest BCUT2D eigenvalue weighted by molar-refractivity contribution is 0.111. The van der Waals surface area contributed by atoms with Gasteiger partial charge in [0.2, 0.25) is 0 Å². The average Bonchev–Trinajstić information content (AvgIpc) is 2.35. The highest BCUT2D eigenvalue weighted by Gasteiger charge is 2.02. The monoisotopic (exact) mass is 257 g/mol. The summed E-state index contributed by atoms with van der Waals surface area (Å²) in [5, 5.41) is 0. The molecule has 3 nitrogen and oxygen atoms in total. The van der Waals surface area contributed by atoms with Gasteiger partial charge in [-0.05, 0) is 25.2 Å². The van der Waals surface area contributed by atoms with E-state index in [0.717, 1.165) is 25.9 Å². The van der Waals surface area contributed by atoms with Crippen molar-refractivity contribution in [2.45, 2.75) is 13.8 Å². The van der Waals surface area contributed by atoms with Gasteiger partial charge in [-0.2, -0.15) is 0 Å². The Morgan fingerprint density at radius 1 is 1.24 bits per heavy atom. The van der Waals surface area contributed by atoms with Crippen molar-refractivity contribution in [1.82, 2.24) is 4.90 Å². The van der Waals surface area contributed by atoms with Gasteiger partial charge in [0.05, 0.1) is 5.56 Å². The van der Waals surface area contributed by atoms with Crippen LogP contribution in [-0.2, 0) is 0 Å². The first-order valence-corrected chi connectivity index (χ1v) is 5.71. The first kappa shape index (κ1) is 15.9. The molecule has 0 spiro atoms. The van der Waals surface area contributed by atoms with Crippen molar-refractivity contribution in [2.75, 3.05) is 26.2 Å². The van der Waals surface area contributed by atoms with Crippen molar-refractivity contribution < 1.29 is 9.53 Å². The molecule has 0 unspecified atom stereocenters. The minimum atomic E-state index is 0. The number of halogens is 1. The van der Waals surface area contributed by atoms with E-state index in [9.17, 15) is 4.79 Å². The van der Waals surface area contributed by atoms with Crippen molar-refractivity contribution >= 4 is 18.7 Å². The van der Waals surface area contributed by atoms with Crippen LogP contribution in [0.2, 0.25) is 0 Å². The van der Waals surface area contributed by atoms with E-state index < -0.39 is 0 Å². The minimum Gasteiger partial charge on any atom is -0.492 e. The van der Waals surface area contributed by atoms with Crippen LogP contribution >= 0.6 is 12.4 Å². The van der Waals surface area contributed by atoms with Crippen LogP contribution in [0.1, 0.15) is 24.2 Å². The lowest BCUT2D eigenvalue weighted by Gasteiger charge is -2.18. The SMILES string of the molecule is CCN(CC)CCOc1ccccc1C=O.Cl.